The summed E-state index contributed by atoms with van der Waals surface area (Å²) in [5.41, 5.74) is 3.50. The number of hydrogen-bond donors (Lipinski definition) is 0. The van der Waals surface area contributed by atoms with Crippen molar-refractivity contribution in [1.29, 1.82) is 0 Å². The number of fused-ring (bicyclic) bond motifs is 2. The van der Waals surface area contributed by atoms with Gasteiger partial charge in [-0.25, -0.2) is 0 Å². The summed E-state index contributed by atoms with van der Waals surface area (Å²) in [5.74, 6) is 1.11. The van der Waals surface area contributed by atoms with Crippen LogP contribution >= 0.6 is 0 Å². The van der Waals surface area contributed by atoms with E-state index in [4.69, 9.17) is 9.47 Å². The minimum Gasteiger partial charge on any atom is -0.493 e. The van der Waals surface area contributed by atoms with Crippen LogP contribution < -0.4 is 9.47 Å². The maximum absolute atomic E-state index is 13.1. The Morgan fingerprint density at radius 1 is 1.22 bits per heavy atom. The maximum atomic E-state index is 13.1. The smallest absolute Gasteiger partial charge is 0.257 e. The van der Waals surface area contributed by atoms with Gasteiger partial charge in [-0.3, -0.25) is 9.79 Å². The molecule has 2 aliphatic rings. The lowest BCUT2D eigenvalue weighted by atomic mass is 10.1. The van der Waals surface area contributed by atoms with Gasteiger partial charge in [0.25, 0.3) is 5.91 Å². The average molecular weight is 362 g/mol. The SMILES string of the molecule is CC=C1C[C@H]2C=Nc3cc(OCc4ccccc4)c(OC)cc3C(=O)N2C1. The second kappa shape index (κ2) is 7.27. The Balaban J connectivity index is 1.65. The van der Waals surface area contributed by atoms with E-state index in [1.54, 1.807) is 19.2 Å². The predicted molar refractivity (Wildman–Crippen MR) is 105 cm³/mol. The van der Waals surface area contributed by atoms with E-state index in [2.05, 4.69) is 11.1 Å². The van der Waals surface area contributed by atoms with E-state index in [1.807, 2.05) is 48.4 Å². The number of methoxy groups -OCH3 is 1. The van der Waals surface area contributed by atoms with E-state index in [1.165, 1.54) is 5.57 Å². The summed E-state index contributed by atoms with van der Waals surface area (Å²) in [5, 5.41) is 0. The summed E-state index contributed by atoms with van der Waals surface area (Å²) in [4.78, 5) is 19.5. The number of benzene rings is 2. The van der Waals surface area contributed by atoms with E-state index < -0.39 is 0 Å². The van der Waals surface area contributed by atoms with Crippen LogP contribution in [0.5, 0.6) is 11.5 Å². The fourth-order valence-electron chi connectivity index (χ4n) is 3.50. The fraction of sp³-hybridized carbons (Fsp3) is 0.273. The lowest BCUT2D eigenvalue weighted by molar-refractivity contribution is 0.0777. The molecule has 27 heavy (non-hydrogen) atoms. The van der Waals surface area contributed by atoms with Crippen LogP contribution in [0.15, 0.2) is 59.1 Å². The normalized spacial score (nSPS) is 19.6. The first-order valence-electron chi connectivity index (χ1n) is 9.07. The summed E-state index contributed by atoms with van der Waals surface area (Å²) in [6.07, 6.45) is 4.79. The monoisotopic (exact) mass is 362 g/mol. The Bertz CT molecular complexity index is 919. The zero-order chi connectivity index (χ0) is 18.8. The lowest BCUT2D eigenvalue weighted by Crippen LogP contribution is -2.35. The van der Waals surface area contributed by atoms with Crippen LogP contribution in [0.4, 0.5) is 5.69 Å². The number of allylic oxidation sites excluding steroid dienone is 1. The van der Waals surface area contributed by atoms with Gasteiger partial charge in [-0.2, -0.15) is 0 Å². The molecule has 0 aromatic heterocycles. The van der Waals surface area contributed by atoms with E-state index >= 15 is 0 Å². The molecule has 138 valence electrons. The highest BCUT2D eigenvalue weighted by molar-refractivity contribution is 6.03. The van der Waals surface area contributed by atoms with Gasteiger partial charge >= 0.3 is 0 Å². The third-order valence-corrected chi connectivity index (χ3v) is 5.05. The minimum absolute atomic E-state index is 0.00998. The van der Waals surface area contributed by atoms with Crippen LogP contribution in [0.3, 0.4) is 0 Å². The molecule has 1 saturated heterocycles. The highest BCUT2D eigenvalue weighted by Gasteiger charge is 2.34. The lowest BCUT2D eigenvalue weighted by Gasteiger charge is -2.20. The molecule has 0 saturated carbocycles. The second-order valence-electron chi connectivity index (χ2n) is 6.72. The van der Waals surface area contributed by atoms with Crippen LogP contribution in [0.25, 0.3) is 0 Å². The molecule has 0 bridgehead atoms. The number of amides is 1. The summed E-state index contributed by atoms with van der Waals surface area (Å²) in [6, 6.07) is 13.5. The number of ether oxygens (including phenoxy) is 2. The topological polar surface area (TPSA) is 51.1 Å². The number of rotatable bonds is 4. The van der Waals surface area contributed by atoms with Crippen molar-refractivity contribution in [2.45, 2.75) is 26.0 Å². The number of hydrogen-bond acceptors (Lipinski definition) is 4. The van der Waals surface area contributed by atoms with Crippen molar-refractivity contribution >= 4 is 17.8 Å². The molecule has 0 spiro atoms. The average Bonchev–Trinajstić information content (AvgIpc) is 3.09. The number of carbonyl (C=O) groups excluding carboxylic acids is 1. The van der Waals surface area contributed by atoms with Crippen molar-refractivity contribution in [3.05, 3.63) is 65.2 Å². The first-order chi connectivity index (χ1) is 13.2. The molecule has 2 aromatic rings. The maximum Gasteiger partial charge on any atom is 0.257 e. The molecule has 0 aliphatic carbocycles. The van der Waals surface area contributed by atoms with Gasteiger partial charge in [0.1, 0.15) is 6.61 Å². The summed E-state index contributed by atoms with van der Waals surface area (Å²) in [6.45, 7) is 3.09. The summed E-state index contributed by atoms with van der Waals surface area (Å²) in [7, 11) is 1.58. The van der Waals surface area contributed by atoms with E-state index in [0.717, 1.165) is 12.0 Å². The third-order valence-electron chi connectivity index (χ3n) is 5.05. The number of carbonyl (C=O) groups is 1. The zero-order valence-corrected chi connectivity index (χ0v) is 15.5. The van der Waals surface area contributed by atoms with Crippen molar-refractivity contribution < 1.29 is 14.3 Å². The van der Waals surface area contributed by atoms with Gasteiger partial charge in [-0.15, -0.1) is 0 Å². The Kier molecular flexibility index (Phi) is 4.67. The molecule has 5 heteroatoms. The summed E-state index contributed by atoms with van der Waals surface area (Å²) >= 11 is 0. The van der Waals surface area contributed by atoms with Crippen molar-refractivity contribution in [2.75, 3.05) is 13.7 Å². The molecule has 2 aromatic carbocycles. The van der Waals surface area contributed by atoms with Gasteiger partial charge < -0.3 is 14.4 Å². The Morgan fingerprint density at radius 3 is 2.78 bits per heavy atom. The van der Waals surface area contributed by atoms with Gasteiger partial charge in [-0.05, 0) is 25.0 Å². The molecule has 1 atom stereocenters. The second-order valence-corrected chi connectivity index (χ2v) is 6.72. The van der Waals surface area contributed by atoms with Crippen LogP contribution in [0.2, 0.25) is 0 Å². The molecule has 2 aliphatic heterocycles. The third kappa shape index (κ3) is 3.33. The van der Waals surface area contributed by atoms with Gasteiger partial charge in [0.15, 0.2) is 11.5 Å². The number of nitrogens with zero attached hydrogens (tertiary/aromatic N) is 2. The van der Waals surface area contributed by atoms with Crippen molar-refractivity contribution in [1.82, 2.24) is 4.90 Å². The van der Waals surface area contributed by atoms with Crippen molar-refractivity contribution in [2.24, 2.45) is 4.99 Å². The molecular formula is C22H22N2O3. The molecule has 2 heterocycles. The van der Waals surface area contributed by atoms with Crippen LogP contribution in [-0.4, -0.2) is 36.7 Å². The van der Waals surface area contributed by atoms with Crippen LogP contribution in [0, 0.1) is 0 Å². The van der Waals surface area contributed by atoms with Gasteiger partial charge in [0, 0.05) is 18.8 Å². The molecule has 1 amide bonds. The standard InChI is InChI=1S/C22H22N2O3/c1-3-15-9-17-12-23-19-11-21(27-14-16-7-5-4-6-8-16)20(26-2)10-18(19)22(25)24(17)13-15/h3-8,10-12,17H,9,13-14H2,1-2H3/t17-/m0/s1. The number of aliphatic imine (C=N–C) groups is 1. The molecular weight excluding hydrogens is 340 g/mol. The quantitative estimate of drug-likeness (QED) is 0.768. The van der Waals surface area contributed by atoms with Crippen LogP contribution in [0.1, 0.15) is 29.3 Å². The molecule has 0 radical (unpaired) electrons. The predicted octanol–water partition coefficient (Wildman–Crippen LogP) is 4.15. The Morgan fingerprint density at radius 2 is 2.04 bits per heavy atom. The Labute approximate surface area is 158 Å². The van der Waals surface area contributed by atoms with Crippen molar-refractivity contribution in [3.8, 4) is 11.5 Å². The fourth-order valence-corrected chi connectivity index (χ4v) is 3.50. The zero-order valence-electron chi connectivity index (χ0n) is 15.5. The summed E-state index contributed by atoms with van der Waals surface area (Å²) < 4.78 is 11.4. The minimum atomic E-state index is -0.0164. The van der Waals surface area contributed by atoms with Crippen LogP contribution in [-0.2, 0) is 6.61 Å². The van der Waals surface area contributed by atoms with E-state index in [-0.39, 0.29) is 11.9 Å². The van der Waals surface area contributed by atoms with Gasteiger partial charge in [0.05, 0.1) is 24.4 Å². The largest absolute Gasteiger partial charge is 0.493 e. The highest BCUT2D eigenvalue weighted by Crippen LogP contribution is 2.38. The van der Waals surface area contributed by atoms with Crippen molar-refractivity contribution in [3.63, 3.8) is 0 Å². The first kappa shape index (κ1) is 17.3. The molecule has 0 N–H and O–H groups in total. The van der Waals surface area contributed by atoms with Gasteiger partial charge in [-0.1, -0.05) is 42.0 Å². The molecule has 0 unspecified atom stereocenters. The molecule has 5 nitrogen and oxygen atoms in total. The highest BCUT2D eigenvalue weighted by atomic mass is 16.5. The Hall–Kier alpha value is -3.08. The molecule has 1 fully saturated rings. The van der Waals surface area contributed by atoms with E-state index in [9.17, 15) is 4.79 Å². The molecule has 4 rings (SSSR count). The first-order valence-corrected chi connectivity index (χ1v) is 9.07. The van der Waals surface area contributed by atoms with Gasteiger partial charge in [0.2, 0.25) is 0 Å². The van der Waals surface area contributed by atoms with E-state index in [0.29, 0.717) is 35.9 Å².